The van der Waals surface area contributed by atoms with E-state index >= 15 is 0 Å². The molecule has 3 rings (SSSR count). The van der Waals surface area contributed by atoms with Gasteiger partial charge >= 0.3 is 5.97 Å². The third kappa shape index (κ3) is 3.54. The van der Waals surface area contributed by atoms with Crippen LogP contribution in [0.25, 0.3) is 11.0 Å². The summed E-state index contributed by atoms with van der Waals surface area (Å²) >= 11 is 0. The molecule has 0 atom stereocenters. The van der Waals surface area contributed by atoms with Crippen LogP contribution in [0.3, 0.4) is 0 Å². The average Bonchev–Trinajstić information content (AvgIpc) is 2.98. The van der Waals surface area contributed by atoms with Crippen molar-refractivity contribution >= 4 is 17.0 Å². The summed E-state index contributed by atoms with van der Waals surface area (Å²) in [6.45, 7) is 4.32. The van der Waals surface area contributed by atoms with Gasteiger partial charge in [0.05, 0.1) is 31.9 Å². The number of aromatic nitrogens is 3. The van der Waals surface area contributed by atoms with Gasteiger partial charge in [-0.3, -0.25) is 4.79 Å². The zero-order valence-corrected chi connectivity index (χ0v) is 15.5. The summed E-state index contributed by atoms with van der Waals surface area (Å²) < 4.78 is 12.0. The van der Waals surface area contributed by atoms with E-state index in [2.05, 4.69) is 4.98 Å². The van der Waals surface area contributed by atoms with Gasteiger partial charge in [-0.2, -0.15) is 5.10 Å². The van der Waals surface area contributed by atoms with E-state index in [0.29, 0.717) is 13.0 Å². The van der Waals surface area contributed by atoms with E-state index in [4.69, 9.17) is 14.6 Å². The van der Waals surface area contributed by atoms with Crippen molar-refractivity contribution < 1.29 is 14.3 Å². The Balaban J connectivity index is 1.95. The number of nitrogens with zero attached hydrogens (tertiary/aromatic N) is 3. The number of carbonyl (C=O) groups is 1. The largest absolute Gasteiger partial charge is 0.497 e. The predicted octanol–water partition coefficient (Wildman–Crippen LogP) is 3.23. The van der Waals surface area contributed by atoms with Gasteiger partial charge in [-0.15, -0.1) is 0 Å². The molecule has 2 heterocycles. The minimum absolute atomic E-state index is 0.251. The molecule has 0 spiro atoms. The number of ether oxygens (including phenoxy) is 2. The topological polar surface area (TPSA) is 66.2 Å². The number of esters is 1. The lowest BCUT2D eigenvalue weighted by Gasteiger charge is -2.20. The quantitative estimate of drug-likeness (QED) is 0.637. The Morgan fingerprint density at radius 1 is 1.15 bits per heavy atom. The zero-order chi connectivity index (χ0) is 18.7. The van der Waals surface area contributed by atoms with Crippen molar-refractivity contribution in [3.05, 3.63) is 53.9 Å². The molecule has 2 aromatic heterocycles. The summed E-state index contributed by atoms with van der Waals surface area (Å²) in [5, 5.41) is 5.70. The van der Waals surface area contributed by atoms with Crippen LogP contribution in [0, 0.1) is 5.41 Å². The summed E-state index contributed by atoms with van der Waals surface area (Å²) in [6, 6.07) is 11.7. The molecule has 136 valence electrons. The second-order valence-corrected chi connectivity index (χ2v) is 6.88. The number of pyridine rings is 1. The fraction of sp³-hybridized carbons (Fsp3) is 0.350. The van der Waals surface area contributed by atoms with Crippen LogP contribution in [-0.2, 0) is 22.5 Å². The summed E-state index contributed by atoms with van der Waals surface area (Å²) in [6.07, 6.45) is 2.24. The average molecular weight is 353 g/mol. The standard InChI is InChI=1S/C20H23N3O3/c1-20(2,19(24)26-4)12-17-16-6-5-11-21-18(16)23(22-17)13-14-7-9-15(25-3)10-8-14/h5-11H,12-13H2,1-4H3. The number of rotatable bonds is 6. The lowest BCUT2D eigenvalue weighted by Crippen LogP contribution is -2.28. The van der Waals surface area contributed by atoms with E-state index in [1.165, 1.54) is 7.11 Å². The van der Waals surface area contributed by atoms with Gasteiger partial charge in [-0.05, 0) is 43.7 Å². The van der Waals surface area contributed by atoms with Crippen LogP contribution in [0.2, 0.25) is 0 Å². The molecule has 1 aromatic carbocycles. The molecule has 6 nitrogen and oxygen atoms in total. The van der Waals surface area contributed by atoms with Gasteiger partial charge in [0.25, 0.3) is 0 Å². The minimum atomic E-state index is -0.656. The molecule has 0 fully saturated rings. The third-order valence-corrected chi connectivity index (χ3v) is 4.42. The highest BCUT2D eigenvalue weighted by Gasteiger charge is 2.31. The molecule has 0 aliphatic rings. The Hall–Kier alpha value is -2.89. The van der Waals surface area contributed by atoms with Crippen molar-refractivity contribution in [3.8, 4) is 5.75 Å². The van der Waals surface area contributed by atoms with Crippen molar-refractivity contribution in [2.75, 3.05) is 14.2 Å². The molecule has 0 bridgehead atoms. The van der Waals surface area contributed by atoms with Crippen molar-refractivity contribution in [2.45, 2.75) is 26.8 Å². The van der Waals surface area contributed by atoms with Gasteiger partial charge in [-0.25, -0.2) is 9.67 Å². The van der Waals surface area contributed by atoms with Crippen LogP contribution >= 0.6 is 0 Å². The van der Waals surface area contributed by atoms with Crippen molar-refractivity contribution in [3.63, 3.8) is 0 Å². The fourth-order valence-corrected chi connectivity index (χ4v) is 2.99. The van der Waals surface area contributed by atoms with Gasteiger partial charge in [0, 0.05) is 18.0 Å². The van der Waals surface area contributed by atoms with E-state index in [1.807, 2.05) is 54.9 Å². The van der Waals surface area contributed by atoms with Crippen LogP contribution in [0.5, 0.6) is 5.75 Å². The van der Waals surface area contributed by atoms with Crippen LogP contribution in [0.1, 0.15) is 25.1 Å². The predicted molar refractivity (Wildman–Crippen MR) is 99.1 cm³/mol. The smallest absolute Gasteiger partial charge is 0.311 e. The number of hydrogen-bond acceptors (Lipinski definition) is 5. The summed E-state index contributed by atoms with van der Waals surface area (Å²) in [7, 11) is 3.06. The van der Waals surface area contributed by atoms with Crippen LogP contribution in [-0.4, -0.2) is 35.0 Å². The molecule has 0 saturated carbocycles. The monoisotopic (exact) mass is 353 g/mol. The second kappa shape index (κ2) is 7.15. The molecule has 0 unspecified atom stereocenters. The number of hydrogen-bond donors (Lipinski definition) is 0. The highest BCUT2D eigenvalue weighted by molar-refractivity contribution is 5.81. The third-order valence-electron chi connectivity index (χ3n) is 4.42. The van der Waals surface area contributed by atoms with Crippen molar-refractivity contribution in [1.29, 1.82) is 0 Å². The number of fused-ring (bicyclic) bond motifs is 1. The van der Waals surface area contributed by atoms with E-state index in [9.17, 15) is 4.79 Å². The molecular formula is C20H23N3O3. The first-order valence-electron chi connectivity index (χ1n) is 8.46. The van der Waals surface area contributed by atoms with Crippen molar-refractivity contribution in [2.24, 2.45) is 5.41 Å². The molecule has 0 radical (unpaired) electrons. The highest BCUT2D eigenvalue weighted by Crippen LogP contribution is 2.27. The molecule has 0 aliphatic heterocycles. The fourth-order valence-electron chi connectivity index (χ4n) is 2.99. The molecule has 0 N–H and O–H groups in total. The normalized spacial score (nSPS) is 11.5. The molecule has 6 heteroatoms. The number of benzene rings is 1. The molecule has 0 aliphatic carbocycles. The Kier molecular flexibility index (Phi) is 4.93. The summed E-state index contributed by atoms with van der Waals surface area (Å²) in [5.41, 5.74) is 2.09. The number of carbonyl (C=O) groups excluding carboxylic acids is 1. The maximum atomic E-state index is 12.0. The molecule has 26 heavy (non-hydrogen) atoms. The highest BCUT2D eigenvalue weighted by atomic mass is 16.5. The Bertz CT molecular complexity index is 914. The van der Waals surface area contributed by atoms with Gasteiger partial charge in [0.15, 0.2) is 5.65 Å². The Labute approximate surface area is 152 Å². The molecule has 3 aromatic rings. The molecule has 0 saturated heterocycles. The van der Waals surface area contributed by atoms with Gasteiger partial charge in [0.2, 0.25) is 0 Å². The Morgan fingerprint density at radius 2 is 1.88 bits per heavy atom. The van der Waals surface area contributed by atoms with E-state index in [1.54, 1.807) is 13.3 Å². The Morgan fingerprint density at radius 3 is 2.54 bits per heavy atom. The maximum absolute atomic E-state index is 12.0. The first-order valence-corrected chi connectivity index (χ1v) is 8.46. The lowest BCUT2D eigenvalue weighted by atomic mass is 9.87. The van der Waals surface area contributed by atoms with Crippen LogP contribution < -0.4 is 4.74 Å². The van der Waals surface area contributed by atoms with Crippen LogP contribution in [0.15, 0.2) is 42.6 Å². The molecule has 0 amide bonds. The first-order chi connectivity index (χ1) is 12.4. The molecular weight excluding hydrogens is 330 g/mol. The zero-order valence-electron chi connectivity index (χ0n) is 15.5. The van der Waals surface area contributed by atoms with E-state index < -0.39 is 5.41 Å². The van der Waals surface area contributed by atoms with E-state index in [-0.39, 0.29) is 5.97 Å². The van der Waals surface area contributed by atoms with Crippen molar-refractivity contribution in [1.82, 2.24) is 14.8 Å². The van der Waals surface area contributed by atoms with Gasteiger partial charge in [-0.1, -0.05) is 12.1 Å². The SMILES string of the molecule is COC(=O)C(C)(C)Cc1nn(Cc2ccc(OC)cc2)c2ncccc12. The van der Waals surface area contributed by atoms with Crippen LogP contribution in [0.4, 0.5) is 0 Å². The summed E-state index contributed by atoms with van der Waals surface area (Å²) in [5.74, 6) is 0.567. The van der Waals surface area contributed by atoms with Gasteiger partial charge in [0.1, 0.15) is 5.75 Å². The first kappa shape index (κ1) is 17.9. The lowest BCUT2D eigenvalue weighted by molar-refractivity contribution is -0.150. The second-order valence-electron chi connectivity index (χ2n) is 6.88. The van der Waals surface area contributed by atoms with Gasteiger partial charge < -0.3 is 9.47 Å². The minimum Gasteiger partial charge on any atom is -0.497 e. The summed E-state index contributed by atoms with van der Waals surface area (Å²) in [4.78, 5) is 16.5. The maximum Gasteiger partial charge on any atom is 0.311 e. The number of methoxy groups -OCH3 is 2. The van der Waals surface area contributed by atoms with E-state index in [0.717, 1.165) is 28.0 Å².